The zero-order valence-electron chi connectivity index (χ0n) is 10.5. The zero-order chi connectivity index (χ0) is 12.2. The molecule has 0 bridgehead atoms. The monoisotopic (exact) mass is 221 g/mol. The fraction of sp³-hybridized carbons (Fsp3) is 0.429. The molecule has 0 amide bonds. The second-order valence-corrected chi connectivity index (χ2v) is 5.03. The highest BCUT2D eigenvalue weighted by Gasteiger charge is 2.05. The molecule has 1 aromatic rings. The molecule has 0 aliphatic heterocycles. The molecule has 1 N–H and O–H groups in total. The summed E-state index contributed by atoms with van der Waals surface area (Å²) in [5.74, 6) is -0.178. The normalized spacial score (nSPS) is 12.3. The van der Waals surface area contributed by atoms with Crippen molar-refractivity contribution in [3.8, 4) is 0 Å². The number of benzene rings is 1. The Bertz CT molecular complexity index is 375. The predicted octanol–water partition coefficient (Wildman–Crippen LogP) is 3.54. The molecule has 1 nitrogen and oxygen atoms in total. The molecule has 0 spiro atoms. The van der Waals surface area contributed by atoms with Crippen LogP contribution >= 0.6 is 0 Å². The first-order valence-corrected chi connectivity index (χ1v) is 5.56. The van der Waals surface area contributed by atoms with Gasteiger partial charge in [-0.25, -0.2) is 4.39 Å². The molecule has 0 unspecified atom stereocenters. The number of nitrogens with one attached hydrogen (secondary N) is 1. The Kier molecular flexibility index (Phi) is 4.25. The van der Waals surface area contributed by atoms with E-state index in [1.54, 1.807) is 12.1 Å². The number of aryl methyl sites for hydroxylation is 1. The van der Waals surface area contributed by atoms with E-state index in [0.717, 1.165) is 17.7 Å². The molecule has 0 aromatic heterocycles. The largest absolute Gasteiger partial charge is 0.309 e. The quantitative estimate of drug-likeness (QED) is 0.823. The lowest BCUT2D eigenvalue weighted by Gasteiger charge is -2.18. The van der Waals surface area contributed by atoms with Gasteiger partial charge in [0.05, 0.1) is 0 Å². The van der Waals surface area contributed by atoms with Gasteiger partial charge in [-0.05, 0) is 51.0 Å². The van der Waals surface area contributed by atoms with Gasteiger partial charge < -0.3 is 5.32 Å². The number of hydrogen-bond donors (Lipinski definition) is 1. The van der Waals surface area contributed by atoms with E-state index in [0.29, 0.717) is 0 Å². The van der Waals surface area contributed by atoms with Crippen LogP contribution < -0.4 is 5.32 Å². The van der Waals surface area contributed by atoms with Gasteiger partial charge in [-0.15, -0.1) is 0 Å². The molecule has 0 atom stereocenters. The van der Waals surface area contributed by atoms with Crippen molar-refractivity contribution >= 4 is 6.08 Å². The molecule has 0 saturated carbocycles. The first-order valence-electron chi connectivity index (χ1n) is 5.56. The third-order valence-electron chi connectivity index (χ3n) is 2.28. The van der Waals surface area contributed by atoms with Crippen molar-refractivity contribution in [3.63, 3.8) is 0 Å². The van der Waals surface area contributed by atoms with E-state index in [-0.39, 0.29) is 11.4 Å². The average molecular weight is 221 g/mol. The maximum Gasteiger partial charge on any atom is 0.123 e. The summed E-state index contributed by atoms with van der Waals surface area (Å²) < 4.78 is 12.9. The minimum absolute atomic E-state index is 0.127. The van der Waals surface area contributed by atoms with Crippen LogP contribution in [-0.4, -0.2) is 12.1 Å². The molecule has 2 heteroatoms. The van der Waals surface area contributed by atoms with Gasteiger partial charge in [-0.3, -0.25) is 0 Å². The molecule has 0 aliphatic rings. The lowest BCUT2D eigenvalue weighted by molar-refractivity contribution is 0.450. The molecule has 1 rings (SSSR count). The van der Waals surface area contributed by atoms with Gasteiger partial charge in [0, 0.05) is 12.1 Å². The Morgan fingerprint density at radius 3 is 2.56 bits per heavy atom. The van der Waals surface area contributed by atoms with E-state index in [4.69, 9.17) is 0 Å². The van der Waals surface area contributed by atoms with Gasteiger partial charge in [0.25, 0.3) is 0 Å². The van der Waals surface area contributed by atoms with Crippen molar-refractivity contribution in [1.82, 2.24) is 5.32 Å². The summed E-state index contributed by atoms with van der Waals surface area (Å²) in [7, 11) is 0. The van der Waals surface area contributed by atoms with Crippen molar-refractivity contribution in [3.05, 3.63) is 41.2 Å². The van der Waals surface area contributed by atoms with E-state index in [1.165, 1.54) is 6.07 Å². The van der Waals surface area contributed by atoms with Gasteiger partial charge in [-0.2, -0.15) is 0 Å². The second kappa shape index (κ2) is 5.26. The number of halogens is 1. The summed E-state index contributed by atoms with van der Waals surface area (Å²) in [6.07, 6.45) is 4.08. The smallest absolute Gasteiger partial charge is 0.123 e. The zero-order valence-corrected chi connectivity index (χ0v) is 10.5. The van der Waals surface area contributed by atoms with Gasteiger partial charge in [0.15, 0.2) is 0 Å². The lowest BCUT2D eigenvalue weighted by Crippen LogP contribution is -2.35. The van der Waals surface area contributed by atoms with Crippen LogP contribution in [0.4, 0.5) is 4.39 Å². The van der Waals surface area contributed by atoms with E-state index >= 15 is 0 Å². The molecule has 0 heterocycles. The Balaban J connectivity index is 2.57. The molecule has 1 aromatic carbocycles. The Labute approximate surface area is 97.4 Å². The molecule has 16 heavy (non-hydrogen) atoms. The minimum atomic E-state index is -0.178. The Morgan fingerprint density at radius 1 is 1.31 bits per heavy atom. The fourth-order valence-corrected chi connectivity index (χ4v) is 1.38. The minimum Gasteiger partial charge on any atom is -0.309 e. The van der Waals surface area contributed by atoms with Crippen molar-refractivity contribution in [2.75, 3.05) is 6.54 Å². The molecule has 0 saturated heterocycles. The third kappa shape index (κ3) is 4.58. The first-order chi connectivity index (χ1) is 7.38. The highest BCUT2D eigenvalue weighted by Crippen LogP contribution is 2.11. The van der Waals surface area contributed by atoms with Crippen molar-refractivity contribution in [2.45, 2.75) is 33.2 Å². The van der Waals surface area contributed by atoms with Gasteiger partial charge in [0.1, 0.15) is 5.82 Å². The van der Waals surface area contributed by atoms with Crippen molar-refractivity contribution in [1.29, 1.82) is 0 Å². The standard InChI is InChI=1S/C14H20FN/c1-11-10-13(15)8-7-12(11)6-5-9-16-14(2,3)4/h5-8,10,16H,9H2,1-4H3. The number of hydrogen-bond acceptors (Lipinski definition) is 1. The fourth-order valence-electron chi connectivity index (χ4n) is 1.38. The van der Waals surface area contributed by atoms with Crippen LogP contribution in [0.5, 0.6) is 0 Å². The highest BCUT2D eigenvalue weighted by atomic mass is 19.1. The SMILES string of the molecule is Cc1cc(F)ccc1C=CCNC(C)(C)C. The van der Waals surface area contributed by atoms with Crippen LogP contribution in [0.15, 0.2) is 24.3 Å². The maximum absolute atomic E-state index is 12.9. The van der Waals surface area contributed by atoms with Crippen LogP contribution in [0.1, 0.15) is 31.9 Å². The van der Waals surface area contributed by atoms with Crippen LogP contribution in [0.25, 0.3) is 6.08 Å². The average Bonchev–Trinajstić information content (AvgIpc) is 2.13. The molecular formula is C14H20FN. The summed E-state index contributed by atoms with van der Waals surface area (Å²) in [5.41, 5.74) is 2.16. The van der Waals surface area contributed by atoms with E-state index in [2.05, 4.69) is 32.2 Å². The number of rotatable bonds is 3. The summed E-state index contributed by atoms with van der Waals surface area (Å²) in [4.78, 5) is 0. The highest BCUT2D eigenvalue weighted by molar-refractivity contribution is 5.53. The van der Waals surface area contributed by atoms with Gasteiger partial charge >= 0.3 is 0 Å². The summed E-state index contributed by atoms with van der Waals surface area (Å²) in [5, 5.41) is 3.36. The third-order valence-corrected chi connectivity index (χ3v) is 2.28. The van der Waals surface area contributed by atoms with Gasteiger partial charge in [-0.1, -0.05) is 18.2 Å². The second-order valence-electron chi connectivity index (χ2n) is 5.03. The Morgan fingerprint density at radius 2 is 2.00 bits per heavy atom. The molecule has 0 radical (unpaired) electrons. The molecular weight excluding hydrogens is 201 g/mol. The van der Waals surface area contributed by atoms with E-state index in [1.807, 2.05) is 13.0 Å². The van der Waals surface area contributed by atoms with Crippen molar-refractivity contribution in [2.24, 2.45) is 0 Å². The first kappa shape index (κ1) is 12.9. The molecule has 88 valence electrons. The van der Waals surface area contributed by atoms with E-state index in [9.17, 15) is 4.39 Å². The summed E-state index contributed by atoms with van der Waals surface area (Å²) >= 11 is 0. The van der Waals surface area contributed by atoms with E-state index < -0.39 is 0 Å². The Hall–Kier alpha value is -1.15. The summed E-state index contributed by atoms with van der Waals surface area (Å²) in [6, 6.07) is 4.85. The van der Waals surface area contributed by atoms with Crippen LogP contribution in [0.3, 0.4) is 0 Å². The molecule has 0 fully saturated rings. The summed E-state index contributed by atoms with van der Waals surface area (Å²) in [6.45, 7) is 9.12. The predicted molar refractivity (Wildman–Crippen MR) is 67.9 cm³/mol. The molecule has 0 aliphatic carbocycles. The lowest BCUT2D eigenvalue weighted by atomic mass is 10.1. The van der Waals surface area contributed by atoms with Gasteiger partial charge in [0.2, 0.25) is 0 Å². The topological polar surface area (TPSA) is 12.0 Å². The van der Waals surface area contributed by atoms with Crippen LogP contribution in [-0.2, 0) is 0 Å². The maximum atomic E-state index is 12.9. The van der Waals surface area contributed by atoms with Crippen molar-refractivity contribution < 1.29 is 4.39 Å². The van der Waals surface area contributed by atoms with Crippen LogP contribution in [0, 0.1) is 12.7 Å². The van der Waals surface area contributed by atoms with Crippen LogP contribution in [0.2, 0.25) is 0 Å².